The van der Waals surface area contributed by atoms with Crippen LogP contribution in [0.5, 0.6) is 0 Å². The van der Waals surface area contributed by atoms with Crippen LogP contribution in [-0.2, 0) is 13.5 Å². The molecule has 0 saturated heterocycles. The third kappa shape index (κ3) is 3.12. The van der Waals surface area contributed by atoms with E-state index in [1.54, 1.807) is 0 Å². The average Bonchev–Trinajstić information content (AvgIpc) is 2.69. The lowest BCUT2D eigenvalue weighted by Gasteiger charge is -2.14. The van der Waals surface area contributed by atoms with Crippen molar-refractivity contribution >= 4 is 11.0 Å². The molecule has 1 heterocycles. The number of imidazole rings is 1. The first kappa shape index (κ1) is 13.6. The van der Waals surface area contributed by atoms with E-state index in [-0.39, 0.29) is 0 Å². The van der Waals surface area contributed by atoms with Crippen LogP contribution in [-0.4, -0.2) is 34.6 Å². The molecular weight excluding hydrogens is 236 g/mol. The molecule has 0 radical (unpaired) electrons. The molecule has 2 aromatic rings. The van der Waals surface area contributed by atoms with Gasteiger partial charge in [-0.15, -0.1) is 0 Å². The molecular formula is C15H20N4. The van der Waals surface area contributed by atoms with Crippen LogP contribution in [0.4, 0.5) is 0 Å². The van der Waals surface area contributed by atoms with Crippen LogP contribution in [0.15, 0.2) is 18.2 Å². The van der Waals surface area contributed by atoms with E-state index in [2.05, 4.69) is 45.8 Å². The molecule has 0 N–H and O–H groups in total. The number of aromatic nitrogens is 2. The molecule has 0 fully saturated rings. The van der Waals surface area contributed by atoms with Gasteiger partial charge in [0.15, 0.2) is 0 Å². The van der Waals surface area contributed by atoms with Gasteiger partial charge in [-0.1, -0.05) is 6.07 Å². The van der Waals surface area contributed by atoms with Crippen LogP contribution in [0.25, 0.3) is 11.0 Å². The maximum atomic E-state index is 8.56. The number of hydrogen-bond acceptors (Lipinski definition) is 3. The smallest absolute Gasteiger partial charge is 0.106 e. The van der Waals surface area contributed by atoms with E-state index in [1.807, 2.05) is 14.0 Å². The van der Waals surface area contributed by atoms with E-state index in [1.165, 1.54) is 11.1 Å². The van der Waals surface area contributed by atoms with E-state index in [9.17, 15) is 0 Å². The highest BCUT2D eigenvalue weighted by atomic mass is 15.1. The van der Waals surface area contributed by atoms with E-state index in [0.29, 0.717) is 6.42 Å². The van der Waals surface area contributed by atoms with Crippen molar-refractivity contribution in [3.8, 4) is 6.07 Å². The molecule has 0 amide bonds. The Kier molecular flexibility index (Phi) is 4.18. The summed E-state index contributed by atoms with van der Waals surface area (Å²) in [5, 5.41) is 8.56. The molecule has 0 spiro atoms. The quantitative estimate of drug-likeness (QED) is 0.824. The molecule has 19 heavy (non-hydrogen) atoms. The predicted octanol–water partition coefficient (Wildman–Crippen LogP) is 2.27. The Balaban J connectivity index is 2.04. The SMILES string of the molecule is Cc1nc2cc(CCN(C)CCC#N)ccc2n1C. The first-order chi connectivity index (χ1) is 9.11. The second kappa shape index (κ2) is 5.85. The van der Waals surface area contributed by atoms with Gasteiger partial charge < -0.3 is 9.47 Å². The molecule has 0 bridgehead atoms. The molecule has 0 aliphatic heterocycles. The van der Waals surface area contributed by atoms with E-state index in [0.717, 1.165) is 30.9 Å². The van der Waals surface area contributed by atoms with Gasteiger partial charge in [-0.2, -0.15) is 5.26 Å². The maximum Gasteiger partial charge on any atom is 0.106 e. The summed E-state index contributed by atoms with van der Waals surface area (Å²) < 4.78 is 2.11. The molecule has 0 aliphatic carbocycles. The summed E-state index contributed by atoms with van der Waals surface area (Å²) in [5.41, 5.74) is 3.55. The van der Waals surface area contributed by atoms with Gasteiger partial charge >= 0.3 is 0 Å². The van der Waals surface area contributed by atoms with Gasteiger partial charge in [-0.3, -0.25) is 0 Å². The highest BCUT2D eigenvalue weighted by molar-refractivity contribution is 5.76. The zero-order chi connectivity index (χ0) is 13.8. The summed E-state index contributed by atoms with van der Waals surface area (Å²) in [7, 11) is 4.10. The van der Waals surface area contributed by atoms with E-state index < -0.39 is 0 Å². The third-order valence-electron chi connectivity index (χ3n) is 3.56. The number of fused-ring (bicyclic) bond motifs is 1. The molecule has 0 unspecified atom stereocenters. The zero-order valence-corrected chi connectivity index (χ0v) is 11.8. The van der Waals surface area contributed by atoms with Crippen molar-refractivity contribution < 1.29 is 0 Å². The normalized spacial score (nSPS) is 11.1. The van der Waals surface area contributed by atoms with Crippen molar-refractivity contribution in [1.29, 1.82) is 5.26 Å². The maximum absolute atomic E-state index is 8.56. The lowest BCUT2D eigenvalue weighted by molar-refractivity contribution is 0.346. The topological polar surface area (TPSA) is 44.9 Å². The van der Waals surface area contributed by atoms with E-state index in [4.69, 9.17) is 5.26 Å². The Bertz CT molecular complexity index is 606. The molecule has 1 aromatic heterocycles. The monoisotopic (exact) mass is 256 g/mol. The molecule has 0 saturated carbocycles. The van der Waals surface area contributed by atoms with Gasteiger partial charge in [0.05, 0.1) is 17.1 Å². The van der Waals surface area contributed by atoms with Crippen molar-refractivity contribution in [2.24, 2.45) is 7.05 Å². The van der Waals surface area contributed by atoms with Crippen molar-refractivity contribution in [2.75, 3.05) is 20.1 Å². The number of nitriles is 1. The Morgan fingerprint density at radius 1 is 1.37 bits per heavy atom. The first-order valence-corrected chi connectivity index (χ1v) is 6.59. The lowest BCUT2D eigenvalue weighted by atomic mass is 10.1. The van der Waals surface area contributed by atoms with Crippen LogP contribution in [0.3, 0.4) is 0 Å². The minimum Gasteiger partial charge on any atom is -0.331 e. The predicted molar refractivity (Wildman–Crippen MR) is 76.9 cm³/mol. The second-order valence-corrected chi connectivity index (χ2v) is 5.00. The van der Waals surface area contributed by atoms with Crippen LogP contribution in [0.2, 0.25) is 0 Å². The van der Waals surface area contributed by atoms with Crippen LogP contribution < -0.4 is 0 Å². The van der Waals surface area contributed by atoms with Crippen LogP contribution >= 0.6 is 0 Å². The van der Waals surface area contributed by atoms with Gasteiger partial charge in [0.2, 0.25) is 0 Å². The highest BCUT2D eigenvalue weighted by Gasteiger charge is 2.05. The lowest BCUT2D eigenvalue weighted by Crippen LogP contribution is -2.22. The zero-order valence-electron chi connectivity index (χ0n) is 11.8. The molecule has 4 heteroatoms. The standard InChI is InChI=1S/C15H20N4/c1-12-17-14-11-13(5-6-15(14)19(12)3)7-10-18(2)9-4-8-16/h5-6,11H,4,7,9-10H2,1-3H3. The van der Waals surface area contributed by atoms with Crippen LogP contribution in [0.1, 0.15) is 17.8 Å². The molecule has 100 valence electrons. The molecule has 0 atom stereocenters. The number of likely N-dealkylation sites (N-methyl/N-ethyl adjacent to an activating group) is 1. The van der Waals surface area contributed by atoms with Gasteiger partial charge in [0, 0.05) is 26.6 Å². The summed E-state index contributed by atoms with van der Waals surface area (Å²) in [4.78, 5) is 6.75. The van der Waals surface area contributed by atoms with Crippen molar-refractivity contribution in [3.05, 3.63) is 29.6 Å². The summed E-state index contributed by atoms with van der Waals surface area (Å²) >= 11 is 0. The fourth-order valence-corrected chi connectivity index (χ4v) is 2.19. The van der Waals surface area contributed by atoms with Crippen molar-refractivity contribution in [3.63, 3.8) is 0 Å². The van der Waals surface area contributed by atoms with Crippen LogP contribution in [0, 0.1) is 18.3 Å². The second-order valence-electron chi connectivity index (χ2n) is 5.00. The first-order valence-electron chi connectivity index (χ1n) is 6.59. The fraction of sp³-hybridized carbons (Fsp3) is 0.467. The third-order valence-corrected chi connectivity index (χ3v) is 3.56. The Hall–Kier alpha value is -1.86. The number of nitrogens with zero attached hydrogens (tertiary/aromatic N) is 4. The number of benzene rings is 1. The summed E-state index contributed by atoms with van der Waals surface area (Å²) in [6.07, 6.45) is 1.59. The molecule has 0 aliphatic rings. The largest absolute Gasteiger partial charge is 0.331 e. The van der Waals surface area contributed by atoms with Gasteiger partial charge in [-0.05, 0) is 38.1 Å². The van der Waals surface area contributed by atoms with Crippen molar-refractivity contribution in [2.45, 2.75) is 19.8 Å². The molecule has 4 nitrogen and oxygen atoms in total. The minimum atomic E-state index is 0.592. The summed E-state index contributed by atoms with van der Waals surface area (Å²) in [6, 6.07) is 8.65. The number of hydrogen-bond donors (Lipinski definition) is 0. The summed E-state index contributed by atoms with van der Waals surface area (Å²) in [5.74, 6) is 1.04. The molecule has 2 rings (SSSR count). The summed E-state index contributed by atoms with van der Waals surface area (Å²) in [6.45, 7) is 3.83. The van der Waals surface area contributed by atoms with E-state index >= 15 is 0 Å². The average molecular weight is 256 g/mol. The highest BCUT2D eigenvalue weighted by Crippen LogP contribution is 2.16. The fourth-order valence-electron chi connectivity index (χ4n) is 2.19. The van der Waals surface area contributed by atoms with Crippen molar-refractivity contribution in [1.82, 2.24) is 14.5 Å². The molecule has 1 aromatic carbocycles. The van der Waals surface area contributed by atoms with Gasteiger partial charge in [-0.25, -0.2) is 4.98 Å². The van der Waals surface area contributed by atoms with Gasteiger partial charge in [0.1, 0.15) is 5.82 Å². The Labute approximate surface area is 114 Å². The van der Waals surface area contributed by atoms with Gasteiger partial charge in [0.25, 0.3) is 0 Å². The number of rotatable bonds is 5. The number of aryl methyl sites for hydroxylation is 2. The minimum absolute atomic E-state index is 0.592. The Morgan fingerprint density at radius 2 is 2.16 bits per heavy atom. The Morgan fingerprint density at radius 3 is 2.89 bits per heavy atom.